The Labute approximate surface area is 144 Å². The van der Waals surface area contributed by atoms with Gasteiger partial charge in [0, 0.05) is 25.7 Å². The van der Waals surface area contributed by atoms with Gasteiger partial charge in [0.1, 0.15) is 0 Å². The van der Waals surface area contributed by atoms with Crippen molar-refractivity contribution >= 4 is 0 Å². The number of rotatable bonds is 7. The summed E-state index contributed by atoms with van der Waals surface area (Å²) in [5, 5.41) is 0. The van der Waals surface area contributed by atoms with Crippen molar-refractivity contribution in [3.63, 3.8) is 0 Å². The van der Waals surface area contributed by atoms with Crippen LogP contribution in [0.15, 0.2) is 18.2 Å². The van der Waals surface area contributed by atoms with Crippen LogP contribution in [0.3, 0.4) is 0 Å². The number of nitrogens with zero attached hydrogens (tertiary/aromatic N) is 1. The molecule has 1 aliphatic carbocycles. The molecule has 0 unspecified atom stereocenters. The van der Waals surface area contributed by atoms with Crippen molar-refractivity contribution in [3.05, 3.63) is 23.8 Å². The second-order valence-corrected chi connectivity index (χ2v) is 6.45. The van der Waals surface area contributed by atoms with E-state index in [1.165, 1.54) is 12.0 Å². The molecule has 3 atom stereocenters. The minimum atomic E-state index is 0.240. The van der Waals surface area contributed by atoms with E-state index in [1.54, 1.807) is 14.2 Å². The maximum absolute atomic E-state index is 6.01. The summed E-state index contributed by atoms with van der Waals surface area (Å²) < 4.78 is 22.6. The first-order valence-corrected chi connectivity index (χ1v) is 8.95. The summed E-state index contributed by atoms with van der Waals surface area (Å²) in [5.74, 6) is 1.58. The van der Waals surface area contributed by atoms with Gasteiger partial charge in [-0.2, -0.15) is 0 Å². The van der Waals surface area contributed by atoms with Crippen molar-refractivity contribution in [2.45, 2.75) is 44.4 Å². The molecule has 1 saturated carbocycles. The molecule has 0 spiro atoms. The fraction of sp³-hybridized carbons (Fsp3) is 0.684. The zero-order valence-electron chi connectivity index (χ0n) is 15.0. The highest BCUT2D eigenvalue weighted by Crippen LogP contribution is 2.32. The molecule has 2 fully saturated rings. The highest BCUT2D eigenvalue weighted by Gasteiger charge is 2.42. The van der Waals surface area contributed by atoms with E-state index in [9.17, 15) is 0 Å². The molecule has 1 saturated heterocycles. The molecule has 5 heteroatoms. The summed E-state index contributed by atoms with van der Waals surface area (Å²) in [6, 6.07) is 6.68. The van der Waals surface area contributed by atoms with Gasteiger partial charge in [-0.1, -0.05) is 6.07 Å². The van der Waals surface area contributed by atoms with Gasteiger partial charge >= 0.3 is 0 Å². The topological polar surface area (TPSA) is 40.2 Å². The van der Waals surface area contributed by atoms with Crippen molar-refractivity contribution in [1.29, 1.82) is 0 Å². The molecule has 0 amide bonds. The van der Waals surface area contributed by atoms with E-state index in [2.05, 4.69) is 24.0 Å². The number of hydrogen-bond acceptors (Lipinski definition) is 5. The molecule has 0 N–H and O–H groups in total. The predicted molar refractivity (Wildman–Crippen MR) is 93.0 cm³/mol. The van der Waals surface area contributed by atoms with Crippen LogP contribution < -0.4 is 9.47 Å². The second-order valence-electron chi connectivity index (χ2n) is 6.45. The number of morpholine rings is 1. The van der Waals surface area contributed by atoms with Gasteiger partial charge in [0.15, 0.2) is 11.5 Å². The second kappa shape index (κ2) is 8.19. The fourth-order valence-electron chi connectivity index (χ4n) is 3.97. The number of benzene rings is 1. The zero-order valence-corrected chi connectivity index (χ0v) is 15.0. The predicted octanol–water partition coefficient (Wildman–Crippen LogP) is 2.51. The lowest BCUT2D eigenvalue weighted by molar-refractivity contribution is -0.111. The summed E-state index contributed by atoms with van der Waals surface area (Å²) in [4.78, 5) is 2.57. The highest BCUT2D eigenvalue weighted by atomic mass is 16.5. The number of hydrogen-bond donors (Lipinski definition) is 0. The molecule has 0 aromatic heterocycles. The third kappa shape index (κ3) is 3.68. The Balaban J connectivity index is 1.60. The first kappa shape index (κ1) is 17.5. The fourth-order valence-corrected chi connectivity index (χ4v) is 3.97. The van der Waals surface area contributed by atoms with Gasteiger partial charge in [-0.25, -0.2) is 0 Å². The minimum Gasteiger partial charge on any atom is -0.493 e. The molecule has 134 valence electrons. The summed E-state index contributed by atoms with van der Waals surface area (Å²) in [6.45, 7) is 5.68. The molecule has 0 radical (unpaired) electrons. The lowest BCUT2D eigenvalue weighted by Gasteiger charge is -2.39. The average molecular weight is 335 g/mol. The third-order valence-corrected chi connectivity index (χ3v) is 5.17. The van der Waals surface area contributed by atoms with Crippen molar-refractivity contribution < 1.29 is 18.9 Å². The first-order chi connectivity index (χ1) is 11.8. The van der Waals surface area contributed by atoms with Crippen LogP contribution in [0.25, 0.3) is 0 Å². The Kier molecular flexibility index (Phi) is 5.98. The van der Waals surface area contributed by atoms with Gasteiger partial charge in [0.05, 0.1) is 33.0 Å². The van der Waals surface area contributed by atoms with Crippen molar-refractivity contribution in [3.8, 4) is 11.5 Å². The van der Waals surface area contributed by atoms with Gasteiger partial charge in [-0.05, 0) is 43.9 Å². The van der Waals surface area contributed by atoms with Gasteiger partial charge in [0.2, 0.25) is 0 Å². The third-order valence-electron chi connectivity index (χ3n) is 5.17. The zero-order chi connectivity index (χ0) is 16.9. The van der Waals surface area contributed by atoms with Gasteiger partial charge in [-0.15, -0.1) is 0 Å². The number of fused-ring (bicyclic) bond motifs is 1. The van der Waals surface area contributed by atoms with E-state index < -0.39 is 0 Å². The summed E-state index contributed by atoms with van der Waals surface area (Å²) in [7, 11) is 3.35. The van der Waals surface area contributed by atoms with Crippen LogP contribution in [0, 0.1) is 0 Å². The molecular formula is C19H29NO4. The Morgan fingerprint density at radius 3 is 2.75 bits per heavy atom. The molecule has 1 aliphatic heterocycles. The molecule has 1 heterocycles. The standard InChI is InChI=1S/C19H29NO4/c1-4-23-17-8-6-15-19(17)24-12-11-20(15)10-9-14-5-7-16(21-2)18(13-14)22-3/h5,7,13,15,17,19H,4,6,8-12H2,1-3H3/t15-,17+,19+/m0/s1. The highest BCUT2D eigenvalue weighted by molar-refractivity contribution is 5.42. The Hall–Kier alpha value is -1.30. The molecule has 5 nitrogen and oxygen atoms in total. The maximum Gasteiger partial charge on any atom is 0.160 e. The van der Waals surface area contributed by atoms with E-state index in [0.29, 0.717) is 6.04 Å². The molecule has 0 bridgehead atoms. The van der Waals surface area contributed by atoms with E-state index in [4.69, 9.17) is 18.9 Å². The molecule has 1 aromatic rings. The summed E-state index contributed by atoms with van der Waals surface area (Å²) in [5.41, 5.74) is 1.27. The maximum atomic E-state index is 6.01. The van der Waals surface area contributed by atoms with Crippen LogP contribution in [0.2, 0.25) is 0 Å². The summed E-state index contributed by atoms with van der Waals surface area (Å²) >= 11 is 0. The lowest BCUT2D eigenvalue weighted by atomic mass is 10.1. The molecule has 24 heavy (non-hydrogen) atoms. The largest absolute Gasteiger partial charge is 0.493 e. The van der Waals surface area contributed by atoms with Gasteiger partial charge < -0.3 is 18.9 Å². The van der Waals surface area contributed by atoms with Crippen LogP contribution in [0.4, 0.5) is 0 Å². The Morgan fingerprint density at radius 2 is 2.00 bits per heavy atom. The number of ether oxygens (including phenoxy) is 4. The normalized spacial score (nSPS) is 27.0. The van der Waals surface area contributed by atoms with E-state index in [1.807, 2.05) is 6.07 Å². The molecular weight excluding hydrogens is 306 g/mol. The minimum absolute atomic E-state index is 0.240. The monoisotopic (exact) mass is 335 g/mol. The molecule has 1 aromatic carbocycles. The van der Waals surface area contributed by atoms with Crippen LogP contribution >= 0.6 is 0 Å². The van der Waals surface area contributed by atoms with Crippen molar-refractivity contribution in [1.82, 2.24) is 4.90 Å². The Morgan fingerprint density at radius 1 is 1.17 bits per heavy atom. The number of methoxy groups -OCH3 is 2. The van der Waals surface area contributed by atoms with Gasteiger partial charge in [0.25, 0.3) is 0 Å². The smallest absolute Gasteiger partial charge is 0.160 e. The SMILES string of the molecule is CCO[C@@H]1CC[C@H]2[C@H]1OCCN2CCc1ccc(OC)c(OC)c1. The van der Waals surface area contributed by atoms with Crippen LogP contribution in [0.5, 0.6) is 11.5 Å². The first-order valence-electron chi connectivity index (χ1n) is 8.95. The van der Waals surface area contributed by atoms with Crippen LogP contribution in [-0.2, 0) is 15.9 Å². The van der Waals surface area contributed by atoms with Crippen molar-refractivity contribution in [2.24, 2.45) is 0 Å². The van der Waals surface area contributed by atoms with Gasteiger partial charge in [-0.3, -0.25) is 4.90 Å². The lowest BCUT2D eigenvalue weighted by Crippen LogP contribution is -2.52. The van der Waals surface area contributed by atoms with Crippen molar-refractivity contribution in [2.75, 3.05) is 40.5 Å². The van der Waals surface area contributed by atoms with E-state index in [-0.39, 0.29) is 12.2 Å². The van der Waals surface area contributed by atoms with Crippen LogP contribution in [0.1, 0.15) is 25.3 Å². The summed E-state index contributed by atoms with van der Waals surface area (Å²) in [6.07, 6.45) is 3.79. The Bertz CT molecular complexity index is 536. The molecule has 3 rings (SSSR count). The van der Waals surface area contributed by atoms with E-state index >= 15 is 0 Å². The van der Waals surface area contributed by atoms with Crippen LogP contribution in [-0.4, -0.2) is 63.7 Å². The average Bonchev–Trinajstić information content (AvgIpc) is 3.03. The molecule has 2 aliphatic rings. The van der Waals surface area contributed by atoms with E-state index in [0.717, 1.165) is 50.6 Å². The quantitative estimate of drug-likeness (QED) is 0.766.